The molecule has 2 aliphatic rings. The van der Waals surface area contributed by atoms with Gasteiger partial charge in [0.1, 0.15) is 0 Å². The highest BCUT2D eigenvalue weighted by Gasteiger charge is 2.52. The van der Waals surface area contributed by atoms with E-state index in [0.717, 1.165) is 9.94 Å². The molecule has 0 bridgehead atoms. The van der Waals surface area contributed by atoms with Crippen LogP contribution >= 0.6 is 39.1 Å². The molecule has 0 spiro atoms. The maximum Gasteiger partial charge on any atom is 0.496 e. The van der Waals surface area contributed by atoms with E-state index >= 15 is 0 Å². The van der Waals surface area contributed by atoms with Crippen LogP contribution in [0, 0.1) is 0 Å². The fourth-order valence-electron chi connectivity index (χ4n) is 2.92. The molecule has 4 rings (SSSR count). The van der Waals surface area contributed by atoms with Crippen LogP contribution in [0.25, 0.3) is 0 Å². The SMILES string of the molecule is CC1(C)OB(c2ccc(Cl)cc2N)OC1(C)C.CC1(C)OBOC1(C)C.Nc1cc(Cl)ccc1Br. The number of hydrogen-bond acceptors (Lipinski definition) is 6. The molecule has 11 heteroatoms. The van der Waals surface area contributed by atoms with Gasteiger partial charge in [-0.05, 0) is 102 Å². The summed E-state index contributed by atoms with van der Waals surface area (Å²) in [5.74, 6) is 0. The Labute approximate surface area is 228 Å². The number of halogens is 3. The van der Waals surface area contributed by atoms with Crippen LogP contribution in [0.2, 0.25) is 10.0 Å². The topological polar surface area (TPSA) is 89.0 Å². The lowest BCUT2D eigenvalue weighted by atomic mass is 9.78. The standard InChI is InChI=1S/C12H17BClNO2.C6H13BO2.C6H5BrClN/c1-11(2)12(3,4)17-13(16-11)9-6-5-8(14)7-10(9)15;1-5(2)6(3,4)9-7-8-5;7-5-2-1-4(8)3-6(5)9/h5-7H,15H2,1-4H3;7H,1-4H3;1-3H,9H2. The van der Waals surface area contributed by atoms with E-state index in [-0.39, 0.29) is 22.4 Å². The van der Waals surface area contributed by atoms with Crippen molar-refractivity contribution in [3.8, 4) is 0 Å². The summed E-state index contributed by atoms with van der Waals surface area (Å²) in [6, 6.07) is 10.6. The van der Waals surface area contributed by atoms with E-state index in [1.807, 2.05) is 67.5 Å². The van der Waals surface area contributed by atoms with Gasteiger partial charge >= 0.3 is 14.8 Å². The lowest BCUT2D eigenvalue weighted by Gasteiger charge is -2.32. The molecule has 2 heterocycles. The number of hydrogen-bond donors (Lipinski definition) is 2. The molecule has 0 amide bonds. The summed E-state index contributed by atoms with van der Waals surface area (Å²) in [6.07, 6.45) is 0. The van der Waals surface area contributed by atoms with E-state index in [1.165, 1.54) is 0 Å². The first-order chi connectivity index (χ1) is 15.9. The van der Waals surface area contributed by atoms with Gasteiger partial charge < -0.3 is 30.1 Å². The molecule has 4 N–H and O–H groups in total. The Morgan fingerprint density at radius 2 is 1.14 bits per heavy atom. The Morgan fingerprint density at radius 3 is 1.49 bits per heavy atom. The molecule has 2 aromatic rings. The smallest absolute Gasteiger partial charge is 0.406 e. The van der Waals surface area contributed by atoms with Crippen LogP contribution in [-0.2, 0) is 18.6 Å². The Balaban J connectivity index is 0.000000203. The summed E-state index contributed by atoms with van der Waals surface area (Å²) in [6.45, 7) is 16.2. The second-order valence-corrected chi connectivity index (χ2v) is 12.2. The summed E-state index contributed by atoms with van der Waals surface area (Å²) in [4.78, 5) is 0. The molecule has 0 aliphatic carbocycles. The number of nitrogen functional groups attached to an aromatic ring is 2. The van der Waals surface area contributed by atoms with Crippen LogP contribution in [0.5, 0.6) is 0 Å². The van der Waals surface area contributed by atoms with Crippen LogP contribution in [-0.4, -0.2) is 37.2 Å². The zero-order valence-corrected chi connectivity index (χ0v) is 24.8. The maximum absolute atomic E-state index is 5.93. The van der Waals surface area contributed by atoms with Gasteiger partial charge in [0.2, 0.25) is 0 Å². The highest BCUT2D eigenvalue weighted by Crippen LogP contribution is 2.37. The number of nitrogens with two attached hydrogens (primary N) is 2. The van der Waals surface area contributed by atoms with Crippen molar-refractivity contribution in [1.82, 2.24) is 0 Å². The van der Waals surface area contributed by atoms with Gasteiger partial charge in [0.25, 0.3) is 0 Å². The Bertz CT molecular complexity index is 1010. The van der Waals surface area contributed by atoms with Crippen LogP contribution in [0.3, 0.4) is 0 Å². The third kappa shape index (κ3) is 7.54. The van der Waals surface area contributed by atoms with Crippen LogP contribution < -0.4 is 16.9 Å². The van der Waals surface area contributed by atoms with Crippen molar-refractivity contribution < 1.29 is 18.6 Å². The van der Waals surface area contributed by atoms with Gasteiger partial charge in [-0.15, -0.1) is 0 Å². The predicted molar refractivity (Wildman–Crippen MR) is 153 cm³/mol. The second-order valence-electron chi connectivity index (χ2n) is 10.5. The van der Waals surface area contributed by atoms with Crippen molar-refractivity contribution in [2.75, 3.05) is 11.5 Å². The lowest BCUT2D eigenvalue weighted by molar-refractivity contribution is 0.00578. The molecular weight excluding hydrogens is 553 g/mol. The average Bonchev–Trinajstić information content (AvgIpc) is 3.08. The lowest BCUT2D eigenvalue weighted by Crippen LogP contribution is -2.41. The average molecular weight is 588 g/mol. The first-order valence-corrected chi connectivity index (χ1v) is 12.8. The second kappa shape index (κ2) is 11.2. The van der Waals surface area contributed by atoms with Crippen LogP contribution in [0.4, 0.5) is 11.4 Å². The summed E-state index contributed by atoms with van der Waals surface area (Å²) < 4.78 is 23.4. The van der Waals surface area contributed by atoms with Crippen molar-refractivity contribution in [2.24, 2.45) is 0 Å². The quantitative estimate of drug-likeness (QED) is 0.326. The van der Waals surface area contributed by atoms with Crippen molar-refractivity contribution in [2.45, 2.75) is 77.8 Å². The molecular formula is C24H35B2BrCl2N2O4. The van der Waals surface area contributed by atoms with E-state index in [1.54, 1.807) is 24.3 Å². The monoisotopic (exact) mass is 586 g/mol. The van der Waals surface area contributed by atoms with E-state index in [0.29, 0.717) is 29.1 Å². The molecule has 35 heavy (non-hydrogen) atoms. The van der Waals surface area contributed by atoms with Crippen molar-refractivity contribution >= 4 is 70.8 Å². The fourth-order valence-corrected chi connectivity index (χ4v) is 3.52. The third-order valence-corrected chi connectivity index (χ3v) is 8.00. The van der Waals surface area contributed by atoms with Gasteiger partial charge in [0, 0.05) is 31.4 Å². The zero-order valence-electron chi connectivity index (χ0n) is 21.7. The molecule has 0 aromatic heterocycles. The number of benzene rings is 2. The molecule has 0 saturated carbocycles. The van der Waals surface area contributed by atoms with Crippen molar-refractivity contribution in [3.63, 3.8) is 0 Å². The fraction of sp³-hybridized carbons (Fsp3) is 0.500. The summed E-state index contributed by atoms with van der Waals surface area (Å²) in [7, 11) is -0.00253. The molecule has 0 atom stereocenters. The van der Waals surface area contributed by atoms with Gasteiger partial charge in [0.15, 0.2) is 0 Å². The minimum atomic E-state index is -0.433. The summed E-state index contributed by atoms with van der Waals surface area (Å²) in [5, 5.41) is 1.28. The summed E-state index contributed by atoms with van der Waals surface area (Å²) in [5.41, 5.74) is 12.5. The van der Waals surface area contributed by atoms with Crippen LogP contribution in [0.15, 0.2) is 40.9 Å². The Hall–Kier alpha value is -0.930. The zero-order chi connectivity index (χ0) is 26.8. The molecule has 0 radical (unpaired) electrons. The van der Waals surface area contributed by atoms with E-state index in [2.05, 4.69) is 15.9 Å². The molecule has 192 valence electrons. The van der Waals surface area contributed by atoms with Gasteiger partial charge in [-0.1, -0.05) is 29.3 Å². The molecule has 0 unspecified atom stereocenters. The first-order valence-electron chi connectivity index (χ1n) is 11.3. The van der Waals surface area contributed by atoms with Gasteiger partial charge in [-0.3, -0.25) is 0 Å². The van der Waals surface area contributed by atoms with Gasteiger partial charge in [-0.25, -0.2) is 0 Å². The predicted octanol–water partition coefficient (Wildman–Crippen LogP) is 5.76. The highest BCUT2D eigenvalue weighted by atomic mass is 79.9. The molecule has 2 fully saturated rings. The maximum atomic E-state index is 5.93. The van der Waals surface area contributed by atoms with Gasteiger partial charge in [-0.2, -0.15) is 0 Å². The highest BCUT2D eigenvalue weighted by molar-refractivity contribution is 9.10. The molecule has 2 aromatic carbocycles. The van der Waals surface area contributed by atoms with E-state index in [4.69, 9.17) is 53.3 Å². The number of rotatable bonds is 1. The van der Waals surface area contributed by atoms with Crippen molar-refractivity contribution in [1.29, 1.82) is 0 Å². The minimum Gasteiger partial charge on any atom is -0.406 e. The van der Waals surface area contributed by atoms with Gasteiger partial charge in [0.05, 0.1) is 22.4 Å². The molecule has 6 nitrogen and oxygen atoms in total. The molecule has 2 aliphatic heterocycles. The normalized spacial score (nSPS) is 20.7. The summed E-state index contributed by atoms with van der Waals surface area (Å²) >= 11 is 14.7. The van der Waals surface area contributed by atoms with Crippen LogP contribution in [0.1, 0.15) is 55.4 Å². The number of anilines is 2. The molecule has 2 saturated heterocycles. The van der Waals surface area contributed by atoms with E-state index < -0.39 is 7.12 Å². The third-order valence-electron chi connectivity index (χ3n) is 6.80. The Morgan fingerprint density at radius 1 is 0.714 bits per heavy atom. The minimum absolute atomic E-state index is 0.132. The first kappa shape index (κ1) is 30.3. The van der Waals surface area contributed by atoms with E-state index in [9.17, 15) is 0 Å². The largest absolute Gasteiger partial charge is 0.496 e. The van der Waals surface area contributed by atoms with Crippen molar-refractivity contribution in [3.05, 3.63) is 50.9 Å². The Kier molecular flexibility index (Phi) is 9.71.